The van der Waals surface area contributed by atoms with Gasteiger partial charge in [-0.1, -0.05) is 19.1 Å². The van der Waals surface area contributed by atoms with Gasteiger partial charge in [0.1, 0.15) is 0 Å². The molecule has 0 spiro atoms. The number of hydrogen-bond acceptors (Lipinski definition) is 4. The first-order valence-electron chi connectivity index (χ1n) is 8.66. The minimum absolute atomic E-state index is 0.0959. The van der Waals surface area contributed by atoms with Crippen molar-refractivity contribution in [2.75, 3.05) is 18.1 Å². The largest absolute Gasteiger partial charge is 0.455 e. The molecule has 0 aliphatic carbocycles. The van der Waals surface area contributed by atoms with Crippen LogP contribution in [0, 0.1) is 0 Å². The maximum atomic E-state index is 11.9. The molecule has 1 aromatic rings. The Balaban J connectivity index is 1.80. The lowest BCUT2D eigenvalue weighted by molar-refractivity contribution is -0.148. The monoisotopic (exact) mass is 346 g/mol. The van der Waals surface area contributed by atoms with Crippen molar-refractivity contribution in [2.45, 2.75) is 52.0 Å². The molecule has 0 unspecified atom stereocenters. The van der Waals surface area contributed by atoms with Crippen molar-refractivity contribution in [3.05, 3.63) is 29.8 Å². The van der Waals surface area contributed by atoms with Gasteiger partial charge in [0, 0.05) is 24.2 Å². The molecule has 0 saturated carbocycles. The van der Waals surface area contributed by atoms with E-state index < -0.39 is 5.97 Å². The molecule has 1 aromatic carbocycles. The van der Waals surface area contributed by atoms with E-state index in [1.165, 1.54) is 0 Å². The molecule has 0 atom stereocenters. The molecule has 2 rings (SSSR count). The minimum Gasteiger partial charge on any atom is -0.455 e. The molecule has 1 N–H and O–H groups in total. The summed E-state index contributed by atoms with van der Waals surface area (Å²) in [7, 11) is 0. The van der Waals surface area contributed by atoms with Crippen molar-refractivity contribution in [3.63, 3.8) is 0 Å². The van der Waals surface area contributed by atoms with E-state index in [4.69, 9.17) is 4.74 Å². The number of carbonyl (C=O) groups is 3. The first kappa shape index (κ1) is 19.0. The zero-order valence-electron chi connectivity index (χ0n) is 15.1. The summed E-state index contributed by atoms with van der Waals surface area (Å²) in [6, 6.07) is 7.29. The van der Waals surface area contributed by atoms with E-state index in [0.29, 0.717) is 6.42 Å². The van der Waals surface area contributed by atoms with E-state index >= 15 is 0 Å². The highest BCUT2D eigenvalue weighted by molar-refractivity contribution is 5.95. The lowest BCUT2D eigenvalue weighted by Crippen LogP contribution is -2.44. The Morgan fingerprint density at radius 2 is 1.92 bits per heavy atom. The van der Waals surface area contributed by atoms with Crippen molar-refractivity contribution in [2.24, 2.45) is 0 Å². The molecule has 1 heterocycles. The highest BCUT2D eigenvalue weighted by atomic mass is 16.5. The van der Waals surface area contributed by atoms with Crippen molar-refractivity contribution in [3.8, 4) is 0 Å². The molecular weight excluding hydrogens is 320 g/mol. The van der Waals surface area contributed by atoms with Crippen LogP contribution in [0.4, 0.5) is 5.69 Å². The second kappa shape index (κ2) is 8.14. The fourth-order valence-electron chi connectivity index (χ4n) is 2.58. The third-order valence-corrected chi connectivity index (χ3v) is 4.40. The molecule has 0 bridgehead atoms. The molecule has 1 aliphatic heterocycles. The van der Waals surface area contributed by atoms with Crippen LogP contribution in [0.2, 0.25) is 0 Å². The summed E-state index contributed by atoms with van der Waals surface area (Å²) in [5, 5.41) is 2.81. The molecule has 1 saturated heterocycles. The number of anilines is 1. The van der Waals surface area contributed by atoms with Crippen LogP contribution in [-0.2, 0) is 25.5 Å². The van der Waals surface area contributed by atoms with E-state index in [2.05, 4.69) is 5.32 Å². The number of ether oxygens (including phenoxy) is 1. The van der Waals surface area contributed by atoms with Gasteiger partial charge in [-0.3, -0.25) is 14.4 Å². The van der Waals surface area contributed by atoms with Gasteiger partial charge in [0.05, 0.1) is 6.42 Å². The van der Waals surface area contributed by atoms with Gasteiger partial charge in [-0.25, -0.2) is 0 Å². The first-order valence-corrected chi connectivity index (χ1v) is 8.66. The van der Waals surface area contributed by atoms with Gasteiger partial charge in [-0.05, 0) is 44.4 Å². The molecule has 25 heavy (non-hydrogen) atoms. The van der Waals surface area contributed by atoms with Crippen LogP contribution in [0.25, 0.3) is 0 Å². The van der Waals surface area contributed by atoms with Crippen LogP contribution in [-0.4, -0.2) is 36.5 Å². The van der Waals surface area contributed by atoms with Crippen LogP contribution in [0.5, 0.6) is 0 Å². The zero-order valence-corrected chi connectivity index (χ0v) is 15.1. The van der Waals surface area contributed by atoms with E-state index in [-0.39, 0.29) is 30.4 Å². The zero-order chi connectivity index (χ0) is 18.4. The number of hydrogen-bond donors (Lipinski definition) is 1. The lowest BCUT2D eigenvalue weighted by Gasteiger charge is -2.24. The van der Waals surface area contributed by atoms with Gasteiger partial charge in [0.25, 0.3) is 5.91 Å². The molecule has 6 nitrogen and oxygen atoms in total. The van der Waals surface area contributed by atoms with Crippen LogP contribution < -0.4 is 10.2 Å². The highest BCUT2D eigenvalue weighted by Crippen LogP contribution is 2.21. The third-order valence-electron chi connectivity index (χ3n) is 4.40. The molecule has 136 valence electrons. The van der Waals surface area contributed by atoms with Gasteiger partial charge in [0.2, 0.25) is 5.91 Å². The number of carbonyl (C=O) groups excluding carboxylic acids is 3. The van der Waals surface area contributed by atoms with E-state index in [0.717, 1.165) is 30.6 Å². The Kier molecular flexibility index (Phi) is 6.17. The normalized spacial score (nSPS) is 14.5. The van der Waals surface area contributed by atoms with Crippen molar-refractivity contribution >= 4 is 23.5 Å². The van der Waals surface area contributed by atoms with Crippen molar-refractivity contribution in [1.82, 2.24) is 5.32 Å². The second-order valence-electron chi connectivity index (χ2n) is 6.94. The van der Waals surface area contributed by atoms with E-state index in [1.54, 1.807) is 4.90 Å². The maximum absolute atomic E-state index is 11.9. The number of benzene rings is 1. The Morgan fingerprint density at radius 1 is 1.24 bits per heavy atom. The number of amides is 2. The van der Waals surface area contributed by atoms with Gasteiger partial charge in [-0.2, -0.15) is 0 Å². The summed E-state index contributed by atoms with van der Waals surface area (Å²) in [6.07, 6.45) is 2.35. The Morgan fingerprint density at radius 3 is 2.48 bits per heavy atom. The maximum Gasteiger partial charge on any atom is 0.310 e. The van der Waals surface area contributed by atoms with Gasteiger partial charge >= 0.3 is 5.97 Å². The molecule has 6 heteroatoms. The topological polar surface area (TPSA) is 75.7 Å². The second-order valence-corrected chi connectivity index (χ2v) is 6.94. The molecule has 1 fully saturated rings. The predicted octanol–water partition coefficient (Wildman–Crippen LogP) is 2.20. The van der Waals surface area contributed by atoms with Crippen molar-refractivity contribution < 1.29 is 19.1 Å². The third kappa shape index (κ3) is 5.59. The summed E-state index contributed by atoms with van der Waals surface area (Å²) in [6.45, 7) is 6.27. The summed E-state index contributed by atoms with van der Waals surface area (Å²) in [5.41, 5.74) is 1.32. The van der Waals surface area contributed by atoms with E-state index in [9.17, 15) is 14.4 Å². The summed E-state index contributed by atoms with van der Waals surface area (Å²) >= 11 is 0. The highest BCUT2D eigenvalue weighted by Gasteiger charge is 2.22. The van der Waals surface area contributed by atoms with Crippen LogP contribution in [0.15, 0.2) is 24.3 Å². The van der Waals surface area contributed by atoms with Crippen molar-refractivity contribution in [1.29, 1.82) is 0 Å². The number of esters is 1. The molecule has 0 radical (unpaired) electrons. The predicted molar refractivity (Wildman–Crippen MR) is 95.2 cm³/mol. The van der Waals surface area contributed by atoms with Crippen LogP contribution in [0.3, 0.4) is 0 Å². The first-order chi connectivity index (χ1) is 11.8. The fraction of sp³-hybridized carbons (Fsp3) is 0.526. The summed E-state index contributed by atoms with van der Waals surface area (Å²) < 4.78 is 5.03. The van der Waals surface area contributed by atoms with Crippen LogP contribution in [0.1, 0.15) is 45.6 Å². The Labute approximate surface area is 148 Å². The quantitative estimate of drug-likeness (QED) is 0.768. The Hall–Kier alpha value is -2.37. The number of nitrogens with zero attached hydrogens (tertiary/aromatic N) is 1. The summed E-state index contributed by atoms with van der Waals surface area (Å²) in [4.78, 5) is 37.1. The van der Waals surface area contributed by atoms with E-state index in [1.807, 2.05) is 45.0 Å². The number of nitrogens with one attached hydrogen (secondary N) is 1. The van der Waals surface area contributed by atoms with Gasteiger partial charge < -0.3 is 15.0 Å². The average molecular weight is 346 g/mol. The molecule has 2 amide bonds. The Bertz CT molecular complexity index is 637. The lowest BCUT2D eigenvalue weighted by atomic mass is 10.0. The molecular formula is C19H26N2O4. The SMILES string of the molecule is CCC(C)(C)NC(=O)COC(=O)Cc1ccc(N2CCCC2=O)cc1. The fourth-order valence-corrected chi connectivity index (χ4v) is 2.58. The standard InChI is InChI=1S/C19H26N2O4/c1-4-19(2,3)20-16(22)13-25-18(24)12-14-7-9-15(10-8-14)21-11-5-6-17(21)23/h7-10H,4-6,11-13H2,1-3H3,(H,20,22). The van der Waals surface area contributed by atoms with Gasteiger partial charge in [-0.15, -0.1) is 0 Å². The molecule has 0 aromatic heterocycles. The average Bonchev–Trinajstić information content (AvgIpc) is 2.99. The minimum atomic E-state index is -0.450. The number of rotatable bonds is 7. The molecule has 1 aliphatic rings. The smallest absolute Gasteiger partial charge is 0.310 e. The summed E-state index contributed by atoms with van der Waals surface area (Å²) in [5.74, 6) is -0.620. The van der Waals surface area contributed by atoms with Gasteiger partial charge in [0.15, 0.2) is 6.61 Å². The van der Waals surface area contributed by atoms with Crippen LogP contribution >= 0.6 is 0 Å².